The fourth-order valence-electron chi connectivity index (χ4n) is 1.57. The first-order valence-corrected chi connectivity index (χ1v) is 6.75. The number of carbonyl (C=O) groups is 1. The van der Waals surface area contributed by atoms with Crippen LogP contribution in [0.25, 0.3) is 0 Å². The third-order valence-corrected chi connectivity index (χ3v) is 2.62. The van der Waals surface area contributed by atoms with E-state index < -0.39 is 0 Å². The van der Waals surface area contributed by atoms with Crippen molar-refractivity contribution in [3.63, 3.8) is 0 Å². The topological polar surface area (TPSA) is 50.4 Å². The van der Waals surface area contributed by atoms with Gasteiger partial charge in [-0.2, -0.15) is 0 Å². The number of benzene rings is 1. The van der Waals surface area contributed by atoms with Crippen LogP contribution >= 0.6 is 0 Å². The van der Waals surface area contributed by atoms with Crippen LogP contribution in [0.1, 0.15) is 25.8 Å². The average molecular weight is 264 g/mol. The van der Waals surface area contributed by atoms with E-state index in [0.29, 0.717) is 32.0 Å². The molecule has 0 bridgehead atoms. The summed E-state index contributed by atoms with van der Waals surface area (Å²) in [5, 5.41) is 5.86. The summed E-state index contributed by atoms with van der Waals surface area (Å²) in [5.74, 6) is 1.39. The summed E-state index contributed by atoms with van der Waals surface area (Å²) in [4.78, 5) is 11.6. The van der Waals surface area contributed by atoms with E-state index in [1.807, 2.05) is 31.3 Å². The minimum Gasteiger partial charge on any atom is -0.493 e. The molecule has 2 N–H and O–H groups in total. The summed E-state index contributed by atoms with van der Waals surface area (Å²) in [6.45, 7) is 6.11. The van der Waals surface area contributed by atoms with Crippen LogP contribution in [0.4, 0.5) is 0 Å². The molecule has 0 atom stereocenters. The van der Waals surface area contributed by atoms with Crippen molar-refractivity contribution < 1.29 is 9.53 Å². The average Bonchev–Trinajstić information content (AvgIpc) is 2.41. The maximum absolute atomic E-state index is 11.6. The van der Waals surface area contributed by atoms with Crippen molar-refractivity contribution in [3.8, 4) is 5.75 Å². The molecule has 0 spiro atoms. The van der Waals surface area contributed by atoms with Crippen LogP contribution < -0.4 is 15.4 Å². The van der Waals surface area contributed by atoms with E-state index in [4.69, 9.17) is 4.74 Å². The molecule has 4 nitrogen and oxygen atoms in total. The summed E-state index contributed by atoms with van der Waals surface area (Å²) >= 11 is 0. The Morgan fingerprint density at radius 2 is 2.05 bits per heavy atom. The van der Waals surface area contributed by atoms with Gasteiger partial charge in [0, 0.05) is 25.1 Å². The summed E-state index contributed by atoms with van der Waals surface area (Å²) in [7, 11) is 1.84. The molecule has 106 valence electrons. The monoisotopic (exact) mass is 264 g/mol. The molecule has 0 aliphatic heterocycles. The van der Waals surface area contributed by atoms with E-state index in [0.717, 1.165) is 11.3 Å². The first-order valence-electron chi connectivity index (χ1n) is 6.75. The molecule has 0 saturated heterocycles. The molecule has 0 radical (unpaired) electrons. The molecule has 1 aromatic rings. The number of para-hydroxylation sites is 1. The highest BCUT2D eigenvalue weighted by molar-refractivity contribution is 5.76. The van der Waals surface area contributed by atoms with Crippen molar-refractivity contribution in [3.05, 3.63) is 29.8 Å². The Morgan fingerprint density at radius 1 is 1.32 bits per heavy atom. The summed E-state index contributed by atoms with van der Waals surface area (Å²) in [5.41, 5.74) is 1.01. The molecule has 0 aliphatic rings. The van der Waals surface area contributed by atoms with Crippen LogP contribution in [0.2, 0.25) is 0 Å². The molecule has 0 saturated carbocycles. The van der Waals surface area contributed by atoms with Crippen molar-refractivity contribution in [1.29, 1.82) is 0 Å². The van der Waals surface area contributed by atoms with Gasteiger partial charge in [0.15, 0.2) is 0 Å². The predicted molar refractivity (Wildman–Crippen MR) is 77.2 cm³/mol. The van der Waals surface area contributed by atoms with E-state index >= 15 is 0 Å². The Bertz CT molecular complexity index is 391. The standard InChI is InChI=1S/C15H24N2O2/c1-12(2)11-19-14-7-5-4-6-13(14)10-17-15(18)8-9-16-3/h4-7,12,16H,8-11H2,1-3H3,(H,17,18). The predicted octanol–water partition coefficient (Wildman–Crippen LogP) is 1.95. The number of amides is 1. The van der Waals surface area contributed by atoms with Gasteiger partial charge in [-0.15, -0.1) is 0 Å². The van der Waals surface area contributed by atoms with E-state index in [1.165, 1.54) is 0 Å². The zero-order valence-electron chi connectivity index (χ0n) is 12.0. The highest BCUT2D eigenvalue weighted by Crippen LogP contribution is 2.18. The van der Waals surface area contributed by atoms with Crippen LogP contribution in [-0.4, -0.2) is 26.1 Å². The van der Waals surface area contributed by atoms with Gasteiger partial charge in [0.05, 0.1) is 6.61 Å². The van der Waals surface area contributed by atoms with Crippen molar-refractivity contribution in [2.75, 3.05) is 20.2 Å². The maximum Gasteiger partial charge on any atom is 0.221 e. The smallest absolute Gasteiger partial charge is 0.221 e. The Balaban J connectivity index is 2.50. The van der Waals surface area contributed by atoms with Gasteiger partial charge < -0.3 is 15.4 Å². The lowest BCUT2D eigenvalue weighted by atomic mass is 10.2. The highest BCUT2D eigenvalue weighted by Gasteiger charge is 2.06. The number of hydrogen-bond donors (Lipinski definition) is 2. The molecular formula is C15H24N2O2. The molecule has 0 heterocycles. The van der Waals surface area contributed by atoms with E-state index in [1.54, 1.807) is 0 Å². The van der Waals surface area contributed by atoms with Crippen LogP contribution in [0.5, 0.6) is 5.75 Å². The molecular weight excluding hydrogens is 240 g/mol. The van der Waals surface area contributed by atoms with Crippen molar-refractivity contribution in [1.82, 2.24) is 10.6 Å². The SMILES string of the molecule is CNCCC(=O)NCc1ccccc1OCC(C)C. The molecule has 1 amide bonds. The lowest BCUT2D eigenvalue weighted by Crippen LogP contribution is -2.26. The van der Waals surface area contributed by atoms with Gasteiger partial charge >= 0.3 is 0 Å². The Labute approximate surface area is 115 Å². The summed E-state index contributed by atoms with van der Waals surface area (Å²) < 4.78 is 5.75. The first-order chi connectivity index (χ1) is 9.13. The highest BCUT2D eigenvalue weighted by atomic mass is 16.5. The third kappa shape index (κ3) is 6.25. The number of carbonyl (C=O) groups excluding carboxylic acids is 1. The summed E-state index contributed by atoms with van der Waals surface area (Å²) in [6, 6.07) is 7.82. The second-order valence-corrected chi connectivity index (χ2v) is 4.94. The van der Waals surface area contributed by atoms with Gasteiger partial charge in [-0.05, 0) is 19.0 Å². The zero-order chi connectivity index (χ0) is 14.1. The number of rotatable bonds is 8. The molecule has 0 aromatic heterocycles. The number of ether oxygens (including phenoxy) is 1. The minimum absolute atomic E-state index is 0.0491. The van der Waals surface area contributed by atoms with Gasteiger partial charge in [-0.25, -0.2) is 0 Å². The van der Waals surface area contributed by atoms with Crippen molar-refractivity contribution >= 4 is 5.91 Å². The van der Waals surface area contributed by atoms with Crippen molar-refractivity contribution in [2.45, 2.75) is 26.8 Å². The van der Waals surface area contributed by atoms with Gasteiger partial charge in [0.25, 0.3) is 0 Å². The molecule has 0 fully saturated rings. The molecule has 1 rings (SSSR count). The Kier molecular flexibility index (Phi) is 6.97. The molecule has 0 unspecified atom stereocenters. The quantitative estimate of drug-likeness (QED) is 0.754. The lowest BCUT2D eigenvalue weighted by Gasteiger charge is -2.13. The van der Waals surface area contributed by atoms with Gasteiger partial charge in [0.2, 0.25) is 5.91 Å². The molecule has 0 aliphatic carbocycles. The summed E-state index contributed by atoms with van der Waals surface area (Å²) in [6.07, 6.45) is 0.492. The van der Waals surface area contributed by atoms with Gasteiger partial charge in [-0.1, -0.05) is 32.0 Å². The fourth-order valence-corrected chi connectivity index (χ4v) is 1.57. The molecule has 1 aromatic carbocycles. The Morgan fingerprint density at radius 3 is 2.74 bits per heavy atom. The van der Waals surface area contributed by atoms with E-state index in [9.17, 15) is 4.79 Å². The van der Waals surface area contributed by atoms with Crippen LogP contribution in [0, 0.1) is 5.92 Å². The second-order valence-electron chi connectivity index (χ2n) is 4.94. The van der Waals surface area contributed by atoms with Crippen LogP contribution in [0.15, 0.2) is 24.3 Å². The molecule has 4 heteroatoms. The number of nitrogens with one attached hydrogen (secondary N) is 2. The third-order valence-electron chi connectivity index (χ3n) is 2.62. The Hall–Kier alpha value is -1.55. The largest absolute Gasteiger partial charge is 0.493 e. The molecule has 19 heavy (non-hydrogen) atoms. The van der Waals surface area contributed by atoms with Crippen LogP contribution in [0.3, 0.4) is 0 Å². The fraction of sp³-hybridized carbons (Fsp3) is 0.533. The number of hydrogen-bond acceptors (Lipinski definition) is 3. The van der Waals surface area contributed by atoms with E-state index in [2.05, 4.69) is 24.5 Å². The minimum atomic E-state index is 0.0491. The van der Waals surface area contributed by atoms with Gasteiger partial charge in [-0.3, -0.25) is 4.79 Å². The maximum atomic E-state index is 11.6. The van der Waals surface area contributed by atoms with Crippen molar-refractivity contribution in [2.24, 2.45) is 5.92 Å². The second kappa shape index (κ2) is 8.53. The lowest BCUT2D eigenvalue weighted by molar-refractivity contribution is -0.121. The first kappa shape index (κ1) is 15.5. The van der Waals surface area contributed by atoms with Gasteiger partial charge in [0.1, 0.15) is 5.75 Å². The zero-order valence-corrected chi connectivity index (χ0v) is 12.0. The normalized spacial score (nSPS) is 10.5. The van der Waals surface area contributed by atoms with Crippen LogP contribution in [-0.2, 0) is 11.3 Å². The van der Waals surface area contributed by atoms with E-state index in [-0.39, 0.29) is 5.91 Å².